The molecule has 0 aromatic rings. The standard InChI is InChI=1S/C13H21N3O3/c14-13(4-6-19-8-13)12(18)16-5-3-10-9(7-16)1-2-11(17)15-10/h9-10H,1-8,14H2,(H,15,17). The molecule has 3 saturated heterocycles. The monoisotopic (exact) mass is 267 g/mol. The number of nitrogens with one attached hydrogen (secondary N) is 1. The van der Waals surface area contributed by atoms with Gasteiger partial charge < -0.3 is 20.7 Å². The van der Waals surface area contributed by atoms with Gasteiger partial charge in [0.25, 0.3) is 0 Å². The number of hydrogen-bond acceptors (Lipinski definition) is 4. The van der Waals surface area contributed by atoms with Crippen LogP contribution in [0.1, 0.15) is 25.7 Å². The summed E-state index contributed by atoms with van der Waals surface area (Å²) in [6.45, 7) is 2.29. The van der Waals surface area contributed by atoms with Gasteiger partial charge in [-0.25, -0.2) is 0 Å². The van der Waals surface area contributed by atoms with Crippen LogP contribution in [0.15, 0.2) is 0 Å². The molecule has 2 amide bonds. The Balaban J connectivity index is 1.64. The van der Waals surface area contributed by atoms with Crippen LogP contribution < -0.4 is 11.1 Å². The molecular formula is C13H21N3O3. The molecule has 0 bridgehead atoms. The van der Waals surface area contributed by atoms with Gasteiger partial charge in [-0.3, -0.25) is 9.59 Å². The molecule has 19 heavy (non-hydrogen) atoms. The normalized spacial score (nSPS) is 38.8. The summed E-state index contributed by atoms with van der Waals surface area (Å²) in [6.07, 6.45) is 2.88. The van der Waals surface area contributed by atoms with Crippen LogP contribution in [0.3, 0.4) is 0 Å². The second-order valence-corrected chi connectivity index (χ2v) is 5.97. The molecule has 0 aliphatic carbocycles. The first-order chi connectivity index (χ1) is 9.08. The molecule has 6 nitrogen and oxygen atoms in total. The van der Waals surface area contributed by atoms with Crippen molar-refractivity contribution in [3.05, 3.63) is 0 Å². The lowest BCUT2D eigenvalue weighted by molar-refractivity contribution is -0.140. The fraction of sp³-hybridized carbons (Fsp3) is 0.846. The van der Waals surface area contributed by atoms with Gasteiger partial charge in [-0.2, -0.15) is 0 Å². The van der Waals surface area contributed by atoms with E-state index in [-0.39, 0.29) is 17.9 Å². The highest BCUT2D eigenvalue weighted by Crippen LogP contribution is 2.28. The summed E-state index contributed by atoms with van der Waals surface area (Å²) in [5.74, 6) is 0.530. The zero-order valence-electron chi connectivity index (χ0n) is 11.1. The number of ether oxygens (including phenoxy) is 1. The summed E-state index contributed by atoms with van der Waals surface area (Å²) in [5.41, 5.74) is 5.31. The Morgan fingerprint density at radius 2 is 2.32 bits per heavy atom. The first kappa shape index (κ1) is 12.9. The zero-order valence-corrected chi connectivity index (χ0v) is 11.1. The van der Waals surface area contributed by atoms with E-state index in [4.69, 9.17) is 10.5 Å². The van der Waals surface area contributed by atoms with Crippen LogP contribution in [0.2, 0.25) is 0 Å². The number of nitrogens with two attached hydrogens (primary N) is 1. The number of rotatable bonds is 1. The highest BCUT2D eigenvalue weighted by atomic mass is 16.5. The molecule has 3 N–H and O–H groups in total. The number of amides is 2. The molecular weight excluding hydrogens is 246 g/mol. The van der Waals surface area contributed by atoms with Gasteiger partial charge in [-0.1, -0.05) is 0 Å². The van der Waals surface area contributed by atoms with Gasteiger partial charge in [0.05, 0.1) is 6.61 Å². The van der Waals surface area contributed by atoms with Crippen molar-refractivity contribution in [2.45, 2.75) is 37.3 Å². The molecule has 3 rings (SSSR count). The number of carbonyl (C=O) groups excluding carboxylic acids is 2. The molecule has 0 spiro atoms. The summed E-state index contributed by atoms with van der Waals surface area (Å²) >= 11 is 0. The molecule has 0 aromatic heterocycles. The molecule has 3 unspecified atom stereocenters. The van der Waals surface area contributed by atoms with Crippen molar-refractivity contribution in [2.75, 3.05) is 26.3 Å². The third kappa shape index (κ3) is 2.34. The van der Waals surface area contributed by atoms with E-state index in [1.54, 1.807) is 0 Å². The van der Waals surface area contributed by atoms with E-state index in [9.17, 15) is 9.59 Å². The Labute approximate surface area is 112 Å². The van der Waals surface area contributed by atoms with Crippen molar-refractivity contribution >= 4 is 11.8 Å². The summed E-state index contributed by atoms with van der Waals surface area (Å²) in [5, 5.41) is 3.02. The molecule has 3 heterocycles. The maximum atomic E-state index is 12.5. The van der Waals surface area contributed by atoms with Crippen molar-refractivity contribution in [3.63, 3.8) is 0 Å². The lowest BCUT2D eigenvalue weighted by Crippen LogP contribution is -2.61. The van der Waals surface area contributed by atoms with Gasteiger partial charge in [-0.05, 0) is 25.2 Å². The molecule has 0 radical (unpaired) electrons. The minimum absolute atomic E-state index is 0.0142. The average molecular weight is 267 g/mol. The molecule has 106 valence electrons. The van der Waals surface area contributed by atoms with E-state index in [0.717, 1.165) is 12.8 Å². The maximum absolute atomic E-state index is 12.5. The summed E-state index contributed by atoms with van der Waals surface area (Å²) in [6, 6.07) is 0.235. The number of fused-ring (bicyclic) bond motifs is 1. The van der Waals surface area contributed by atoms with Crippen LogP contribution in [-0.2, 0) is 14.3 Å². The first-order valence-corrected chi connectivity index (χ1v) is 7.04. The van der Waals surface area contributed by atoms with Crippen LogP contribution in [0.5, 0.6) is 0 Å². The second kappa shape index (κ2) is 4.76. The lowest BCUT2D eigenvalue weighted by Gasteiger charge is -2.43. The number of carbonyl (C=O) groups is 2. The van der Waals surface area contributed by atoms with Crippen molar-refractivity contribution < 1.29 is 14.3 Å². The van der Waals surface area contributed by atoms with E-state index < -0.39 is 5.54 Å². The third-order valence-electron chi connectivity index (χ3n) is 4.59. The maximum Gasteiger partial charge on any atom is 0.245 e. The zero-order chi connectivity index (χ0) is 13.5. The Hall–Kier alpha value is -1.14. The number of hydrogen-bond donors (Lipinski definition) is 2. The number of nitrogens with zero attached hydrogens (tertiary/aromatic N) is 1. The molecule has 0 aromatic carbocycles. The summed E-state index contributed by atoms with van der Waals surface area (Å²) in [7, 11) is 0. The van der Waals surface area contributed by atoms with Gasteiger partial charge >= 0.3 is 0 Å². The molecule has 0 saturated carbocycles. The second-order valence-electron chi connectivity index (χ2n) is 5.97. The third-order valence-corrected chi connectivity index (χ3v) is 4.59. The van der Waals surface area contributed by atoms with Crippen LogP contribution in [0.25, 0.3) is 0 Å². The fourth-order valence-electron chi connectivity index (χ4n) is 3.36. The van der Waals surface area contributed by atoms with Crippen LogP contribution in [-0.4, -0.2) is 54.6 Å². The average Bonchev–Trinajstić information content (AvgIpc) is 2.85. The van der Waals surface area contributed by atoms with Crippen molar-refractivity contribution in [2.24, 2.45) is 11.7 Å². The molecule has 6 heteroatoms. The van der Waals surface area contributed by atoms with E-state index in [1.165, 1.54) is 0 Å². The highest BCUT2D eigenvalue weighted by Gasteiger charge is 2.44. The van der Waals surface area contributed by atoms with Gasteiger partial charge in [0.1, 0.15) is 5.54 Å². The van der Waals surface area contributed by atoms with Crippen LogP contribution >= 0.6 is 0 Å². The first-order valence-electron chi connectivity index (χ1n) is 7.04. The van der Waals surface area contributed by atoms with Gasteiger partial charge in [-0.15, -0.1) is 0 Å². The van der Waals surface area contributed by atoms with Crippen LogP contribution in [0.4, 0.5) is 0 Å². The molecule has 3 aliphatic rings. The largest absolute Gasteiger partial charge is 0.379 e. The van der Waals surface area contributed by atoms with E-state index in [1.807, 2.05) is 4.90 Å². The van der Waals surface area contributed by atoms with E-state index in [2.05, 4.69) is 5.32 Å². The summed E-state index contributed by atoms with van der Waals surface area (Å²) < 4.78 is 5.26. The van der Waals surface area contributed by atoms with Crippen molar-refractivity contribution in [1.82, 2.24) is 10.2 Å². The Morgan fingerprint density at radius 3 is 3.05 bits per heavy atom. The minimum atomic E-state index is -0.829. The lowest BCUT2D eigenvalue weighted by atomic mass is 9.84. The van der Waals surface area contributed by atoms with E-state index in [0.29, 0.717) is 45.1 Å². The van der Waals surface area contributed by atoms with Crippen molar-refractivity contribution in [3.8, 4) is 0 Å². The quantitative estimate of drug-likeness (QED) is 0.653. The molecule has 3 atom stereocenters. The Kier molecular flexibility index (Phi) is 3.22. The van der Waals surface area contributed by atoms with Gasteiger partial charge in [0.15, 0.2) is 0 Å². The topological polar surface area (TPSA) is 84.7 Å². The van der Waals surface area contributed by atoms with E-state index >= 15 is 0 Å². The number of likely N-dealkylation sites (tertiary alicyclic amines) is 1. The Morgan fingerprint density at radius 1 is 1.47 bits per heavy atom. The molecule has 3 aliphatic heterocycles. The molecule has 3 fully saturated rings. The van der Waals surface area contributed by atoms with Crippen molar-refractivity contribution in [1.29, 1.82) is 0 Å². The SMILES string of the molecule is NC1(C(=O)N2CCC3NC(=O)CCC3C2)CCOC1. The fourth-order valence-corrected chi connectivity index (χ4v) is 3.36. The van der Waals surface area contributed by atoms with Gasteiger partial charge in [0, 0.05) is 32.2 Å². The number of piperidine rings is 2. The van der Waals surface area contributed by atoms with Crippen LogP contribution in [0, 0.1) is 5.92 Å². The predicted molar refractivity (Wildman–Crippen MR) is 68.2 cm³/mol. The smallest absolute Gasteiger partial charge is 0.245 e. The Bertz CT molecular complexity index is 393. The van der Waals surface area contributed by atoms with Gasteiger partial charge in [0.2, 0.25) is 11.8 Å². The predicted octanol–water partition coefficient (Wildman–Crippen LogP) is -0.769. The minimum Gasteiger partial charge on any atom is -0.379 e. The summed E-state index contributed by atoms with van der Waals surface area (Å²) in [4.78, 5) is 25.7. The highest BCUT2D eigenvalue weighted by molar-refractivity contribution is 5.87.